The second-order valence-corrected chi connectivity index (χ2v) is 7.22. The smallest absolute Gasteiger partial charge is 0.416 e. The normalized spacial score (nSPS) is 12.2. The van der Waals surface area contributed by atoms with Gasteiger partial charge in [-0.1, -0.05) is 24.3 Å². The van der Waals surface area contributed by atoms with Crippen LogP contribution in [0.3, 0.4) is 0 Å². The van der Waals surface area contributed by atoms with Crippen LogP contribution in [0.25, 0.3) is 11.0 Å². The molecule has 6 nitrogen and oxygen atoms in total. The van der Waals surface area contributed by atoms with Crippen LogP contribution in [0.4, 0.5) is 24.5 Å². The molecule has 0 radical (unpaired) electrons. The molecule has 168 valence electrons. The van der Waals surface area contributed by atoms with Gasteiger partial charge < -0.3 is 14.8 Å². The van der Waals surface area contributed by atoms with Crippen LogP contribution in [0.2, 0.25) is 0 Å². The Morgan fingerprint density at radius 3 is 2.58 bits per heavy atom. The van der Waals surface area contributed by atoms with E-state index in [1.807, 2.05) is 0 Å². The molecular weight excluding hydrogens is 435 g/mol. The Kier molecular flexibility index (Phi) is 5.97. The molecule has 0 bridgehead atoms. The molecule has 0 aliphatic carbocycles. The van der Waals surface area contributed by atoms with Crippen molar-refractivity contribution in [2.45, 2.75) is 19.7 Å². The number of halogens is 3. The van der Waals surface area contributed by atoms with E-state index in [0.29, 0.717) is 27.9 Å². The molecule has 2 heterocycles. The molecule has 0 saturated heterocycles. The number of pyridine rings is 1. The Labute approximate surface area is 186 Å². The van der Waals surface area contributed by atoms with Gasteiger partial charge in [-0.15, -0.1) is 0 Å². The molecule has 1 amide bonds. The maximum Gasteiger partial charge on any atom is 0.416 e. The van der Waals surface area contributed by atoms with E-state index >= 15 is 0 Å². The van der Waals surface area contributed by atoms with Crippen molar-refractivity contribution in [3.8, 4) is 0 Å². The summed E-state index contributed by atoms with van der Waals surface area (Å²) in [4.78, 5) is 21.7. The molecule has 0 spiro atoms. The van der Waals surface area contributed by atoms with Crippen LogP contribution in [0, 0.1) is 6.92 Å². The number of anilines is 1. The Morgan fingerprint density at radius 2 is 1.88 bits per heavy atom. The zero-order valence-corrected chi connectivity index (χ0v) is 17.3. The standard InChI is InChI=1S/C24H18F3N3O3/c1-14-21-19(15(13-31)12-28-14)11-20(23(33-21)30-17-7-3-2-4-8-17)22(32)29-18-9-5-6-16(10-18)24(25,26)27/h2-12,31H,13H2,1H3,(H,29,32). The Hall–Kier alpha value is -3.98. The van der Waals surface area contributed by atoms with Crippen molar-refractivity contribution in [2.24, 2.45) is 4.99 Å². The fraction of sp³-hybridized carbons (Fsp3) is 0.125. The number of hydrogen-bond acceptors (Lipinski definition) is 5. The number of benzene rings is 2. The summed E-state index contributed by atoms with van der Waals surface area (Å²) in [7, 11) is 0. The lowest BCUT2D eigenvalue weighted by molar-refractivity contribution is -0.137. The molecule has 0 aliphatic heterocycles. The molecule has 0 fully saturated rings. The molecule has 0 saturated carbocycles. The van der Waals surface area contributed by atoms with Crippen LogP contribution in [0.15, 0.2) is 76.3 Å². The highest BCUT2D eigenvalue weighted by Crippen LogP contribution is 2.31. The fourth-order valence-electron chi connectivity index (χ4n) is 3.25. The number of carbonyl (C=O) groups is 1. The number of amides is 1. The van der Waals surface area contributed by atoms with Crippen molar-refractivity contribution in [3.05, 3.63) is 94.8 Å². The monoisotopic (exact) mass is 453 g/mol. The van der Waals surface area contributed by atoms with Gasteiger partial charge in [-0.25, -0.2) is 4.99 Å². The van der Waals surface area contributed by atoms with Crippen molar-refractivity contribution in [2.75, 3.05) is 5.32 Å². The number of nitrogens with one attached hydrogen (secondary N) is 1. The van der Waals surface area contributed by atoms with Crippen LogP contribution in [-0.4, -0.2) is 16.0 Å². The maximum atomic E-state index is 13.1. The number of para-hydroxylation sites is 1. The first-order valence-electron chi connectivity index (χ1n) is 9.88. The van der Waals surface area contributed by atoms with Gasteiger partial charge in [0.05, 0.1) is 23.6 Å². The SMILES string of the molecule is Cc1ncc(CO)c2cc(C(=O)Nc3cccc(C(F)(F)F)c3)c(=Nc3ccccc3)oc12. The van der Waals surface area contributed by atoms with Gasteiger partial charge in [-0.3, -0.25) is 9.78 Å². The average molecular weight is 453 g/mol. The predicted octanol–water partition coefficient (Wildman–Crippen LogP) is 5.13. The summed E-state index contributed by atoms with van der Waals surface area (Å²) in [5.41, 5.74) is 0.831. The number of aromatic nitrogens is 1. The van der Waals surface area contributed by atoms with Gasteiger partial charge in [0, 0.05) is 22.8 Å². The Morgan fingerprint density at radius 1 is 1.12 bits per heavy atom. The minimum absolute atomic E-state index is 0.0101. The number of carbonyl (C=O) groups excluding carboxylic acids is 1. The van der Waals surface area contributed by atoms with E-state index in [1.54, 1.807) is 37.3 Å². The van der Waals surface area contributed by atoms with E-state index in [0.717, 1.165) is 12.1 Å². The lowest BCUT2D eigenvalue weighted by Gasteiger charge is -2.11. The first kappa shape index (κ1) is 22.2. The molecule has 2 N–H and O–H groups in total. The van der Waals surface area contributed by atoms with Crippen molar-refractivity contribution in [3.63, 3.8) is 0 Å². The highest BCUT2D eigenvalue weighted by Gasteiger charge is 2.30. The van der Waals surface area contributed by atoms with Crippen LogP contribution < -0.4 is 10.9 Å². The minimum atomic E-state index is -4.55. The molecule has 2 aromatic carbocycles. The van der Waals surface area contributed by atoms with Crippen LogP contribution in [0.1, 0.15) is 27.2 Å². The third kappa shape index (κ3) is 4.78. The summed E-state index contributed by atoms with van der Waals surface area (Å²) >= 11 is 0. The third-order valence-corrected chi connectivity index (χ3v) is 4.90. The first-order chi connectivity index (χ1) is 15.8. The summed E-state index contributed by atoms with van der Waals surface area (Å²) in [5, 5.41) is 12.6. The predicted molar refractivity (Wildman–Crippen MR) is 116 cm³/mol. The summed E-state index contributed by atoms with van der Waals surface area (Å²) in [5.74, 6) is -0.715. The van der Waals surface area contributed by atoms with Crippen molar-refractivity contribution < 1.29 is 27.5 Å². The molecular formula is C24H18F3N3O3. The van der Waals surface area contributed by atoms with Gasteiger partial charge in [0.1, 0.15) is 5.56 Å². The maximum absolute atomic E-state index is 13.1. The number of aliphatic hydroxyl groups is 1. The largest absolute Gasteiger partial charge is 0.436 e. The zero-order valence-electron chi connectivity index (χ0n) is 17.3. The molecule has 4 rings (SSSR count). The number of fused-ring (bicyclic) bond motifs is 1. The van der Waals surface area contributed by atoms with E-state index in [9.17, 15) is 23.1 Å². The average Bonchev–Trinajstić information content (AvgIpc) is 2.79. The quantitative estimate of drug-likeness (QED) is 0.448. The molecule has 0 unspecified atom stereocenters. The summed E-state index contributed by atoms with van der Waals surface area (Å²) in [6.07, 6.45) is -3.08. The minimum Gasteiger partial charge on any atom is -0.436 e. The highest BCUT2D eigenvalue weighted by atomic mass is 19.4. The lowest BCUT2D eigenvalue weighted by Crippen LogP contribution is -2.22. The van der Waals surface area contributed by atoms with E-state index in [4.69, 9.17) is 4.42 Å². The van der Waals surface area contributed by atoms with Crippen LogP contribution >= 0.6 is 0 Å². The van der Waals surface area contributed by atoms with E-state index in [1.165, 1.54) is 24.4 Å². The Balaban J connectivity index is 1.87. The third-order valence-electron chi connectivity index (χ3n) is 4.90. The number of alkyl halides is 3. The van der Waals surface area contributed by atoms with Gasteiger partial charge >= 0.3 is 6.18 Å². The summed E-state index contributed by atoms with van der Waals surface area (Å²) < 4.78 is 45.1. The van der Waals surface area contributed by atoms with E-state index in [2.05, 4.69) is 15.3 Å². The van der Waals surface area contributed by atoms with E-state index in [-0.39, 0.29) is 23.4 Å². The van der Waals surface area contributed by atoms with Crippen molar-refractivity contribution in [1.29, 1.82) is 0 Å². The summed E-state index contributed by atoms with van der Waals surface area (Å²) in [6.45, 7) is 1.37. The second kappa shape index (κ2) is 8.87. The van der Waals surface area contributed by atoms with Crippen LogP contribution in [-0.2, 0) is 12.8 Å². The number of nitrogens with zero attached hydrogens (tertiary/aromatic N) is 2. The van der Waals surface area contributed by atoms with Gasteiger partial charge in [0.15, 0.2) is 5.58 Å². The summed E-state index contributed by atoms with van der Waals surface area (Å²) in [6, 6.07) is 14.6. The van der Waals surface area contributed by atoms with Gasteiger partial charge in [0.25, 0.3) is 5.91 Å². The number of aliphatic hydroxyl groups excluding tert-OH is 1. The van der Waals surface area contributed by atoms with Gasteiger partial charge in [-0.05, 0) is 43.3 Å². The topological polar surface area (TPSA) is 87.7 Å². The molecule has 33 heavy (non-hydrogen) atoms. The van der Waals surface area contributed by atoms with Crippen molar-refractivity contribution >= 4 is 28.3 Å². The highest BCUT2D eigenvalue weighted by molar-refractivity contribution is 6.05. The van der Waals surface area contributed by atoms with Gasteiger partial charge in [0.2, 0.25) is 5.55 Å². The first-order valence-corrected chi connectivity index (χ1v) is 9.88. The number of hydrogen-bond donors (Lipinski definition) is 2. The molecule has 9 heteroatoms. The van der Waals surface area contributed by atoms with Crippen molar-refractivity contribution in [1.82, 2.24) is 4.98 Å². The number of rotatable bonds is 4. The molecule has 4 aromatic rings. The second-order valence-electron chi connectivity index (χ2n) is 7.22. The fourth-order valence-corrected chi connectivity index (χ4v) is 3.25. The Bertz CT molecular complexity index is 1400. The molecule has 0 atom stereocenters. The van der Waals surface area contributed by atoms with Crippen LogP contribution in [0.5, 0.6) is 0 Å². The van der Waals surface area contributed by atoms with E-state index < -0.39 is 17.6 Å². The number of aryl methyl sites for hydroxylation is 1. The zero-order chi connectivity index (χ0) is 23.6. The molecule has 0 aliphatic rings. The molecule has 2 aromatic heterocycles. The van der Waals surface area contributed by atoms with Gasteiger partial charge in [-0.2, -0.15) is 13.2 Å². The lowest BCUT2D eigenvalue weighted by atomic mass is 10.1.